The van der Waals surface area contributed by atoms with Gasteiger partial charge >= 0.3 is 6.01 Å². The van der Waals surface area contributed by atoms with Crippen LogP contribution in [0.15, 0.2) is 4.42 Å². The topological polar surface area (TPSA) is 63.0 Å². The van der Waals surface area contributed by atoms with Crippen LogP contribution < -0.4 is 10.6 Å². The van der Waals surface area contributed by atoms with E-state index in [-0.39, 0.29) is 5.54 Å². The van der Waals surface area contributed by atoms with Gasteiger partial charge in [-0.25, -0.2) is 0 Å². The molecule has 5 nitrogen and oxygen atoms in total. The monoisotopic (exact) mass is 264 g/mol. The van der Waals surface area contributed by atoms with Crippen molar-refractivity contribution in [3.8, 4) is 0 Å². The third-order valence-corrected chi connectivity index (χ3v) is 4.16. The first kappa shape index (κ1) is 12.9. The van der Waals surface area contributed by atoms with Gasteiger partial charge in [-0.05, 0) is 57.8 Å². The van der Waals surface area contributed by atoms with Crippen molar-refractivity contribution in [1.29, 1.82) is 0 Å². The molecule has 2 aliphatic carbocycles. The van der Waals surface area contributed by atoms with Crippen LogP contribution in [0.2, 0.25) is 0 Å². The van der Waals surface area contributed by atoms with Crippen molar-refractivity contribution < 1.29 is 4.42 Å². The smallest absolute Gasteiger partial charge is 0.315 e. The highest BCUT2D eigenvalue weighted by Crippen LogP contribution is 2.61. The Labute approximate surface area is 114 Å². The molecule has 5 heteroatoms. The Bertz CT molecular complexity index is 441. The zero-order valence-electron chi connectivity index (χ0n) is 12.1. The summed E-state index contributed by atoms with van der Waals surface area (Å²) in [5.41, 5.74) is 0.615. The summed E-state index contributed by atoms with van der Waals surface area (Å²) in [7, 11) is 0. The van der Waals surface area contributed by atoms with Crippen molar-refractivity contribution in [3.05, 3.63) is 5.89 Å². The highest BCUT2D eigenvalue weighted by molar-refractivity contribution is 5.21. The second-order valence-electron chi connectivity index (χ2n) is 7.09. The van der Waals surface area contributed by atoms with E-state index in [0.29, 0.717) is 23.9 Å². The summed E-state index contributed by atoms with van der Waals surface area (Å²) in [6.45, 7) is 7.97. The number of aromatic nitrogens is 2. The summed E-state index contributed by atoms with van der Waals surface area (Å²) in [5.74, 6) is 1.60. The molecule has 0 amide bonds. The molecule has 0 spiro atoms. The van der Waals surface area contributed by atoms with Crippen LogP contribution in [-0.2, 0) is 6.54 Å². The lowest BCUT2D eigenvalue weighted by atomic mass is 10.0. The molecule has 0 aliphatic heterocycles. The van der Waals surface area contributed by atoms with Gasteiger partial charge in [-0.3, -0.25) is 0 Å². The van der Waals surface area contributed by atoms with Crippen LogP contribution in [0.5, 0.6) is 0 Å². The number of anilines is 1. The standard InChI is InChI=1S/C14H24N4O/c1-13(2,3)16-8-11-17-18-12(19-11)15-9-14(6-7-14)10-4-5-10/h10,16H,4-9H2,1-3H3,(H,15,18). The molecule has 19 heavy (non-hydrogen) atoms. The summed E-state index contributed by atoms with van der Waals surface area (Å²) in [4.78, 5) is 0. The maximum absolute atomic E-state index is 5.61. The molecular formula is C14H24N4O. The van der Waals surface area contributed by atoms with Crippen molar-refractivity contribution in [3.63, 3.8) is 0 Å². The average Bonchev–Trinajstić information content (AvgIpc) is 3.21. The normalized spacial score (nSPS) is 21.4. The van der Waals surface area contributed by atoms with Gasteiger partial charge in [0.2, 0.25) is 5.89 Å². The lowest BCUT2D eigenvalue weighted by molar-refractivity contribution is 0.382. The van der Waals surface area contributed by atoms with Gasteiger partial charge in [0.05, 0.1) is 6.54 Å². The predicted molar refractivity (Wildman–Crippen MR) is 73.8 cm³/mol. The maximum atomic E-state index is 5.61. The second-order valence-corrected chi connectivity index (χ2v) is 7.09. The first-order valence-corrected chi connectivity index (χ1v) is 7.28. The molecule has 2 N–H and O–H groups in total. The number of nitrogens with zero attached hydrogens (tertiary/aromatic N) is 2. The Balaban J connectivity index is 1.48. The van der Waals surface area contributed by atoms with E-state index >= 15 is 0 Å². The molecule has 0 aromatic carbocycles. The highest BCUT2D eigenvalue weighted by Gasteiger charge is 2.53. The summed E-state index contributed by atoms with van der Waals surface area (Å²) >= 11 is 0. The highest BCUT2D eigenvalue weighted by atomic mass is 16.4. The van der Waals surface area contributed by atoms with Gasteiger partial charge in [0.25, 0.3) is 0 Å². The van der Waals surface area contributed by atoms with Crippen molar-refractivity contribution >= 4 is 6.01 Å². The Hall–Kier alpha value is -1.10. The lowest BCUT2D eigenvalue weighted by Crippen LogP contribution is -2.35. The van der Waals surface area contributed by atoms with E-state index in [0.717, 1.165) is 12.5 Å². The molecule has 1 heterocycles. The van der Waals surface area contributed by atoms with Crippen molar-refractivity contribution in [1.82, 2.24) is 15.5 Å². The minimum absolute atomic E-state index is 0.0616. The fourth-order valence-electron chi connectivity index (χ4n) is 2.57. The molecular weight excluding hydrogens is 240 g/mol. The van der Waals surface area contributed by atoms with E-state index in [1.54, 1.807) is 0 Å². The molecule has 0 bridgehead atoms. The van der Waals surface area contributed by atoms with Crippen LogP contribution in [0.25, 0.3) is 0 Å². The molecule has 106 valence electrons. The zero-order chi connectivity index (χ0) is 13.5. The average molecular weight is 264 g/mol. The van der Waals surface area contributed by atoms with Crippen LogP contribution in [0, 0.1) is 11.3 Å². The van der Waals surface area contributed by atoms with Gasteiger partial charge in [0.15, 0.2) is 0 Å². The molecule has 1 aromatic heterocycles. The maximum Gasteiger partial charge on any atom is 0.315 e. The van der Waals surface area contributed by atoms with Crippen molar-refractivity contribution in [2.75, 3.05) is 11.9 Å². The Kier molecular flexibility index (Phi) is 3.04. The fraction of sp³-hybridized carbons (Fsp3) is 0.857. The molecule has 3 rings (SSSR count). The van der Waals surface area contributed by atoms with Gasteiger partial charge in [0, 0.05) is 12.1 Å². The van der Waals surface area contributed by atoms with Gasteiger partial charge in [0.1, 0.15) is 0 Å². The van der Waals surface area contributed by atoms with Crippen LogP contribution in [0.1, 0.15) is 52.3 Å². The van der Waals surface area contributed by atoms with Crippen molar-refractivity contribution in [2.24, 2.45) is 11.3 Å². The van der Waals surface area contributed by atoms with E-state index in [4.69, 9.17) is 4.42 Å². The van der Waals surface area contributed by atoms with E-state index in [9.17, 15) is 0 Å². The Morgan fingerprint density at radius 3 is 2.58 bits per heavy atom. The lowest BCUT2D eigenvalue weighted by Gasteiger charge is -2.18. The van der Waals surface area contributed by atoms with Crippen LogP contribution in [-0.4, -0.2) is 22.3 Å². The molecule has 1 aromatic rings. The van der Waals surface area contributed by atoms with Crippen LogP contribution in [0.3, 0.4) is 0 Å². The summed E-state index contributed by atoms with van der Waals surface area (Å²) in [6, 6.07) is 0.567. The minimum atomic E-state index is 0.0616. The fourth-order valence-corrected chi connectivity index (χ4v) is 2.57. The van der Waals surface area contributed by atoms with Crippen LogP contribution >= 0.6 is 0 Å². The third-order valence-electron chi connectivity index (χ3n) is 4.16. The second kappa shape index (κ2) is 4.47. The molecule has 0 atom stereocenters. The first-order chi connectivity index (χ1) is 8.97. The van der Waals surface area contributed by atoms with Gasteiger partial charge in [-0.15, -0.1) is 5.10 Å². The van der Waals surface area contributed by atoms with E-state index in [1.807, 2.05) is 0 Å². The molecule has 2 fully saturated rings. The zero-order valence-corrected chi connectivity index (χ0v) is 12.1. The largest absolute Gasteiger partial charge is 0.407 e. The Morgan fingerprint density at radius 2 is 2.00 bits per heavy atom. The predicted octanol–water partition coefficient (Wildman–Crippen LogP) is 2.56. The number of hydrogen-bond acceptors (Lipinski definition) is 5. The number of rotatable bonds is 6. The molecule has 0 unspecified atom stereocenters. The third kappa shape index (κ3) is 3.26. The molecule has 2 aliphatic rings. The molecule has 2 saturated carbocycles. The van der Waals surface area contributed by atoms with E-state index in [2.05, 4.69) is 41.6 Å². The van der Waals surface area contributed by atoms with Gasteiger partial charge in [-0.1, -0.05) is 5.10 Å². The van der Waals surface area contributed by atoms with E-state index < -0.39 is 0 Å². The summed E-state index contributed by atoms with van der Waals surface area (Å²) in [5, 5.41) is 14.8. The Morgan fingerprint density at radius 1 is 1.26 bits per heavy atom. The SMILES string of the molecule is CC(C)(C)NCc1nnc(NCC2(C3CC3)CC2)o1. The molecule has 0 radical (unpaired) electrons. The number of nitrogens with one attached hydrogen (secondary N) is 2. The number of hydrogen-bond donors (Lipinski definition) is 2. The quantitative estimate of drug-likeness (QED) is 0.826. The van der Waals surface area contributed by atoms with Gasteiger partial charge < -0.3 is 15.1 Å². The van der Waals surface area contributed by atoms with Crippen molar-refractivity contribution in [2.45, 2.75) is 58.5 Å². The van der Waals surface area contributed by atoms with Crippen LogP contribution in [0.4, 0.5) is 6.01 Å². The first-order valence-electron chi connectivity index (χ1n) is 7.28. The minimum Gasteiger partial charge on any atom is -0.407 e. The summed E-state index contributed by atoms with van der Waals surface area (Å²) in [6.07, 6.45) is 5.53. The molecule has 0 saturated heterocycles. The van der Waals surface area contributed by atoms with E-state index in [1.165, 1.54) is 25.7 Å². The van der Waals surface area contributed by atoms with Gasteiger partial charge in [-0.2, -0.15) is 0 Å². The summed E-state index contributed by atoms with van der Waals surface area (Å²) < 4.78 is 5.61.